The number of nitrogens with one attached hydrogen (secondary N) is 1. The van der Waals surface area contributed by atoms with E-state index in [2.05, 4.69) is 20.2 Å². The molecule has 1 aromatic heterocycles. The van der Waals surface area contributed by atoms with Crippen LogP contribution in [0.2, 0.25) is 5.02 Å². The molecule has 0 spiro atoms. The molecule has 0 bridgehead atoms. The zero-order chi connectivity index (χ0) is 26.2. The highest BCUT2D eigenvalue weighted by Gasteiger charge is 2.31. The number of ether oxygens (including phenoxy) is 1. The Kier molecular flexibility index (Phi) is 6.53. The van der Waals surface area contributed by atoms with Crippen LogP contribution < -0.4 is 19.9 Å². The number of hydrogen-bond donors (Lipinski definition) is 1. The van der Waals surface area contributed by atoms with E-state index in [0.717, 1.165) is 72.8 Å². The van der Waals surface area contributed by atoms with E-state index in [0.29, 0.717) is 23.8 Å². The number of anilines is 3. The molecule has 9 nitrogen and oxygen atoms in total. The van der Waals surface area contributed by atoms with Gasteiger partial charge in [-0.15, -0.1) is 0 Å². The maximum Gasteiger partial charge on any atom is 0.322 e. The average Bonchev–Trinajstić information content (AvgIpc) is 3.28. The molecule has 1 fully saturated rings. The van der Waals surface area contributed by atoms with Crippen LogP contribution in [0.25, 0.3) is 0 Å². The summed E-state index contributed by atoms with van der Waals surface area (Å²) in [5.74, 6) is 1.39. The van der Waals surface area contributed by atoms with Crippen molar-refractivity contribution in [2.24, 2.45) is 0 Å². The zero-order valence-electron chi connectivity index (χ0n) is 21.2. The van der Waals surface area contributed by atoms with Crippen LogP contribution in [0.1, 0.15) is 34.5 Å². The van der Waals surface area contributed by atoms with Gasteiger partial charge in [0.1, 0.15) is 23.6 Å². The monoisotopic (exact) mass is 532 g/mol. The molecule has 1 N–H and O–H groups in total. The van der Waals surface area contributed by atoms with Gasteiger partial charge in [-0.25, -0.2) is 14.8 Å². The number of benzene rings is 2. The Balaban J connectivity index is 1.11. The number of carbonyl (C=O) groups excluding carboxylic acids is 2. The second kappa shape index (κ2) is 10.1. The van der Waals surface area contributed by atoms with Crippen molar-refractivity contribution in [2.45, 2.75) is 31.7 Å². The fourth-order valence-corrected chi connectivity index (χ4v) is 5.86. The molecular weight excluding hydrogens is 504 g/mol. The average molecular weight is 533 g/mol. The molecule has 3 aliphatic rings. The van der Waals surface area contributed by atoms with Gasteiger partial charge < -0.3 is 24.8 Å². The SMILES string of the molecule is COc1ccc2c(c1)CCN(C1CCN(c3cc(C(=O)N4CCc5cc(Cl)ccc54)ncn3)CC1)C(=O)N2. The van der Waals surface area contributed by atoms with E-state index in [1.54, 1.807) is 18.1 Å². The third-order valence-corrected chi connectivity index (χ3v) is 7.96. The Morgan fingerprint density at radius 1 is 1.00 bits per heavy atom. The Morgan fingerprint density at radius 3 is 2.63 bits per heavy atom. The van der Waals surface area contributed by atoms with Gasteiger partial charge in [0, 0.05) is 54.7 Å². The number of amides is 3. The highest BCUT2D eigenvalue weighted by Crippen LogP contribution is 2.32. The molecule has 0 unspecified atom stereocenters. The first kappa shape index (κ1) is 24.5. The summed E-state index contributed by atoms with van der Waals surface area (Å²) in [6, 6.07) is 13.2. The van der Waals surface area contributed by atoms with Crippen LogP contribution in [0.4, 0.5) is 22.0 Å². The summed E-state index contributed by atoms with van der Waals surface area (Å²) >= 11 is 6.12. The standard InChI is InChI=1S/C28H29ClN6O3/c1-38-22-3-4-23-18(15-22)6-12-34(28(37)32-23)21-8-10-33(11-9-21)26-16-24(30-17-31-26)27(36)35-13-7-19-14-20(29)2-5-25(19)35/h2-5,14-17,21H,6-13H2,1H3,(H,32,37). The molecule has 3 aromatic rings. The quantitative estimate of drug-likeness (QED) is 0.535. The highest BCUT2D eigenvalue weighted by molar-refractivity contribution is 6.30. The van der Waals surface area contributed by atoms with Crippen LogP contribution in [-0.2, 0) is 12.8 Å². The molecule has 196 valence electrons. The predicted molar refractivity (Wildman–Crippen MR) is 147 cm³/mol. The number of rotatable bonds is 4. The Bertz CT molecular complexity index is 1390. The van der Waals surface area contributed by atoms with Gasteiger partial charge in [0.05, 0.1) is 7.11 Å². The molecule has 6 rings (SSSR count). The van der Waals surface area contributed by atoms with Gasteiger partial charge in [-0.1, -0.05) is 11.6 Å². The van der Waals surface area contributed by atoms with E-state index in [1.165, 1.54) is 6.33 Å². The lowest BCUT2D eigenvalue weighted by molar-refractivity contribution is 0.0984. The van der Waals surface area contributed by atoms with E-state index in [9.17, 15) is 9.59 Å². The molecule has 0 atom stereocenters. The largest absolute Gasteiger partial charge is 0.497 e. The first-order valence-electron chi connectivity index (χ1n) is 12.9. The third kappa shape index (κ3) is 4.62. The summed E-state index contributed by atoms with van der Waals surface area (Å²) in [7, 11) is 1.65. The Hall–Kier alpha value is -3.85. The van der Waals surface area contributed by atoms with Crippen LogP contribution in [0.15, 0.2) is 48.8 Å². The molecule has 0 aliphatic carbocycles. The molecule has 4 heterocycles. The van der Waals surface area contributed by atoms with Gasteiger partial charge in [-0.2, -0.15) is 0 Å². The highest BCUT2D eigenvalue weighted by atomic mass is 35.5. The predicted octanol–water partition coefficient (Wildman–Crippen LogP) is 4.40. The lowest BCUT2D eigenvalue weighted by atomic mass is 10.0. The molecule has 3 amide bonds. The minimum atomic E-state index is -0.137. The first-order valence-corrected chi connectivity index (χ1v) is 13.3. The van der Waals surface area contributed by atoms with Gasteiger partial charge in [0.15, 0.2) is 0 Å². The zero-order valence-corrected chi connectivity index (χ0v) is 21.9. The van der Waals surface area contributed by atoms with Crippen molar-refractivity contribution in [3.8, 4) is 5.75 Å². The number of aromatic nitrogens is 2. The van der Waals surface area contributed by atoms with Crippen molar-refractivity contribution in [1.29, 1.82) is 0 Å². The van der Waals surface area contributed by atoms with E-state index >= 15 is 0 Å². The topological polar surface area (TPSA) is 90.9 Å². The lowest BCUT2D eigenvalue weighted by Crippen LogP contribution is -2.49. The fraction of sp³-hybridized carbons (Fsp3) is 0.357. The Morgan fingerprint density at radius 2 is 1.82 bits per heavy atom. The second-order valence-corrected chi connectivity index (χ2v) is 10.3. The van der Waals surface area contributed by atoms with Gasteiger partial charge >= 0.3 is 6.03 Å². The number of halogens is 1. The van der Waals surface area contributed by atoms with Crippen molar-refractivity contribution in [1.82, 2.24) is 14.9 Å². The number of hydrogen-bond acceptors (Lipinski definition) is 6. The summed E-state index contributed by atoms with van der Waals surface area (Å²) in [6.07, 6.45) is 4.65. The van der Waals surface area contributed by atoms with E-state index in [-0.39, 0.29) is 18.0 Å². The fourth-order valence-electron chi connectivity index (χ4n) is 5.67. The molecule has 0 radical (unpaired) electrons. The molecular formula is C28H29ClN6O3. The smallest absolute Gasteiger partial charge is 0.322 e. The van der Waals surface area contributed by atoms with Crippen LogP contribution in [-0.4, -0.2) is 66.1 Å². The van der Waals surface area contributed by atoms with Crippen molar-refractivity contribution in [3.05, 3.63) is 70.6 Å². The maximum absolute atomic E-state index is 13.3. The van der Waals surface area contributed by atoms with E-state index in [4.69, 9.17) is 16.3 Å². The Labute approximate surface area is 226 Å². The number of fused-ring (bicyclic) bond motifs is 2. The summed E-state index contributed by atoms with van der Waals surface area (Å²) in [5, 5.41) is 3.74. The number of nitrogens with zero attached hydrogens (tertiary/aromatic N) is 5. The molecule has 10 heteroatoms. The summed E-state index contributed by atoms with van der Waals surface area (Å²) in [6.45, 7) is 2.74. The summed E-state index contributed by atoms with van der Waals surface area (Å²) < 4.78 is 5.35. The third-order valence-electron chi connectivity index (χ3n) is 7.72. The van der Waals surface area contributed by atoms with Crippen molar-refractivity contribution in [2.75, 3.05) is 48.4 Å². The van der Waals surface area contributed by atoms with Crippen LogP contribution >= 0.6 is 11.6 Å². The summed E-state index contributed by atoms with van der Waals surface area (Å²) in [5.41, 5.74) is 4.26. The number of carbonyl (C=O) groups is 2. The summed E-state index contributed by atoms with van der Waals surface area (Å²) in [4.78, 5) is 41.0. The van der Waals surface area contributed by atoms with Gasteiger partial charge in [0.2, 0.25) is 0 Å². The van der Waals surface area contributed by atoms with Crippen LogP contribution in [0, 0.1) is 0 Å². The minimum Gasteiger partial charge on any atom is -0.497 e. The molecule has 2 aromatic carbocycles. The maximum atomic E-state index is 13.3. The van der Waals surface area contributed by atoms with Crippen molar-refractivity contribution in [3.63, 3.8) is 0 Å². The number of urea groups is 1. The number of methoxy groups -OCH3 is 1. The molecule has 38 heavy (non-hydrogen) atoms. The first-order chi connectivity index (χ1) is 18.5. The van der Waals surface area contributed by atoms with E-state index in [1.807, 2.05) is 41.3 Å². The van der Waals surface area contributed by atoms with Crippen molar-refractivity contribution >= 4 is 40.7 Å². The van der Waals surface area contributed by atoms with Crippen molar-refractivity contribution < 1.29 is 14.3 Å². The minimum absolute atomic E-state index is 0.0607. The number of piperidine rings is 1. The molecule has 3 aliphatic heterocycles. The molecule has 0 saturated carbocycles. The van der Waals surface area contributed by atoms with Gasteiger partial charge in [-0.3, -0.25) is 4.79 Å². The molecule has 1 saturated heterocycles. The normalized spacial score (nSPS) is 17.5. The van der Waals surface area contributed by atoms with Gasteiger partial charge in [-0.05, 0) is 73.2 Å². The lowest BCUT2D eigenvalue weighted by Gasteiger charge is -2.38. The van der Waals surface area contributed by atoms with Gasteiger partial charge in [0.25, 0.3) is 5.91 Å². The second-order valence-electron chi connectivity index (χ2n) is 9.86. The van der Waals surface area contributed by atoms with E-state index < -0.39 is 0 Å². The van der Waals surface area contributed by atoms with Crippen LogP contribution in [0.5, 0.6) is 5.75 Å². The van der Waals surface area contributed by atoms with Crippen LogP contribution in [0.3, 0.4) is 0 Å².